The molecule has 2 aliphatic rings. The van der Waals surface area contributed by atoms with Crippen LogP contribution in [-0.2, 0) is 9.53 Å². The zero-order valence-electron chi connectivity index (χ0n) is 16.1. The molecule has 0 radical (unpaired) electrons. The van der Waals surface area contributed by atoms with E-state index in [0.29, 0.717) is 30.1 Å². The lowest BCUT2D eigenvalue weighted by atomic mass is 9.48. The first-order valence-electron chi connectivity index (χ1n) is 9.19. The predicted octanol–water partition coefficient (Wildman–Crippen LogP) is 3.31. The number of methoxy groups -OCH3 is 1. The normalized spacial score (nSPS) is 25.6. The first kappa shape index (κ1) is 17.8. The molecular weight excluding hydrogens is 344 g/mol. The van der Waals surface area contributed by atoms with Crippen LogP contribution in [0.15, 0.2) is 34.9 Å². The Morgan fingerprint density at radius 2 is 1.96 bits per heavy atom. The van der Waals surface area contributed by atoms with Crippen molar-refractivity contribution in [2.75, 3.05) is 20.2 Å². The van der Waals surface area contributed by atoms with Crippen LogP contribution in [0.3, 0.4) is 0 Å². The number of carbonyl (C=O) groups excluding carboxylic acids is 2. The summed E-state index contributed by atoms with van der Waals surface area (Å²) in [5, 5.41) is 4.12. The summed E-state index contributed by atoms with van der Waals surface area (Å²) in [6.45, 7) is 6.96. The number of rotatable bonds is 3. The molecule has 4 rings (SSSR count). The van der Waals surface area contributed by atoms with Crippen LogP contribution in [0.5, 0.6) is 0 Å². The first-order chi connectivity index (χ1) is 12.8. The van der Waals surface area contributed by atoms with E-state index in [1.165, 1.54) is 7.11 Å². The fourth-order valence-electron chi connectivity index (χ4n) is 5.10. The highest BCUT2D eigenvalue weighted by molar-refractivity contribution is 6.01. The average molecular weight is 368 g/mol. The van der Waals surface area contributed by atoms with Crippen molar-refractivity contribution >= 4 is 11.9 Å². The summed E-state index contributed by atoms with van der Waals surface area (Å²) >= 11 is 0. The highest BCUT2D eigenvalue weighted by Gasteiger charge is 2.68. The third-order valence-corrected chi connectivity index (χ3v) is 6.26. The van der Waals surface area contributed by atoms with Crippen LogP contribution < -0.4 is 0 Å². The van der Waals surface area contributed by atoms with E-state index < -0.39 is 5.41 Å². The Bertz CT molecular complexity index is 902. The smallest absolute Gasteiger partial charge is 0.314 e. The molecule has 0 N–H and O–H groups in total. The summed E-state index contributed by atoms with van der Waals surface area (Å²) < 4.78 is 10.4. The van der Waals surface area contributed by atoms with Gasteiger partial charge in [-0.25, -0.2) is 0 Å². The van der Waals surface area contributed by atoms with Crippen LogP contribution in [-0.4, -0.2) is 42.1 Å². The number of likely N-dealkylation sites (tertiary alicyclic amines) is 1. The van der Waals surface area contributed by atoms with E-state index in [-0.39, 0.29) is 23.2 Å². The fourth-order valence-corrected chi connectivity index (χ4v) is 5.10. The minimum atomic E-state index is -0.591. The molecule has 142 valence electrons. The summed E-state index contributed by atoms with van der Waals surface area (Å²) in [6, 6.07) is 9.52. The molecule has 1 aliphatic carbocycles. The lowest BCUT2D eigenvalue weighted by molar-refractivity contribution is -0.174. The number of hydrogen-bond donors (Lipinski definition) is 0. The van der Waals surface area contributed by atoms with E-state index in [0.717, 1.165) is 12.0 Å². The van der Waals surface area contributed by atoms with E-state index in [4.69, 9.17) is 9.26 Å². The Morgan fingerprint density at radius 3 is 2.59 bits per heavy atom. The lowest BCUT2D eigenvalue weighted by Crippen LogP contribution is -2.57. The molecule has 27 heavy (non-hydrogen) atoms. The van der Waals surface area contributed by atoms with Gasteiger partial charge in [0.2, 0.25) is 0 Å². The van der Waals surface area contributed by atoms with Crippen LogP contribution in [0.4, 0.5) is 0 Å². The predicted molar refractivity (Wildman–Crippen MR) is 98.9 cm³/mol. The summed E-state index contributed by atoms with van der Waals surface area (Å²) in [4.78, 5) is 27.7. The Morgan fingerprint density at radius 1 is 1.26 bits per heavy atom. The van der Waals surface area contributed by atoms with E-state index in [1.54, 1.807) is 11.8 Å². The minimum absolute atomic E-state index is 0.00910. The third-order valence-electron chi connectivity index (χ3n) is 6.26. The average Bonchev–Trinajstić information content (AvgIpc) is 3.20. The molecule has 0 spiro atoms. The van der Waals surface area contributed by atoms with Gasteiger partial charge in [0.05, 0.1) is 12.5 Å². The van der Waals surface area contributed by atoms with Gasteiger partial charge in [0, 0.05) is 18.7 Å². The summed E-state index contributed by atoms with van der Waals surface area (Å²) in [5.41, 5.74) is 1.27. The minimum Gasteiger partial charge on any atom is -0.469 e. The molecule has 6 heteroatoms. The van der Waals surface area contributed by atoms with Gasteiger partial charge < -0.3 is 14.2 Å². The van der Waals surface area contributed by atoms with Gasteiger partial charge in [-0.2, -0.15) is 0 Å². The van der Waals surface area contributed by atoms with Crippen molar-refractivity contribution in [3.05, 3.63) is 41.7 Å². The van der Waals surface area contributed by atoms with Crippen LogP contribution in [0.1, 0.15) is 36.4 Å². The maximum absolute atomic E-state index is 13.4. The zero-order chi connectivity index (χ0) is 19.4. The second-order valence-electron chi connectivity index (χ2n) is 8.38. The lowest BCUT2D eigenvalue weighted by Gasteiger charge is -2.54. The zero-order valence-corrected chi connectivity index (χ0v) is 16.1. The molecule has 1 saturated heterocycles. The molecule has 2 heterocycles. The van der Waals surface area contributed by atoms with Gasteiger partial charge in [-0.1, -0.05) is 49.3 Å². The standard InChI is InChI=1S/C21H24N2O4/c1-13-16(17(22-27-13)14-8-6-5-7-9-14)18(24)23-10-15-20(2,3)11-21(15,12-23)19(25)26-4/h5-9,15H,10-12H2,1-4H3/t15-,21+/m1/s1. The molecular formula is C21H24N2O4. The second-order valence-corrected chi connectivity index (χ2v) is 8.38. The van der Waals surface area contributed by atoms with Crippen molar-refractivity contribution in [2.45, 2.75) is 27.2 Å². The molecule has 1 aromatic heterocycles. The molecule has 1 aliphatic heterocycles. The molecule has 0 bridgehead atoms. The van der Waals surface area contributed by atoms with Gasteiger partial charge in [-0.15, -0.1) is 0 Å². The second kappa shape index (κ2) is 5.94. The van der Waals surface area contributed by atoms with E-state index in [1.807, 2.05) is 30.3 Å². The Labute approximate surface area is 158 Å². The van der Waals surface area contributed by atoms with Crippen LogP contribution in [0.25, 0.3) is 11.3 Å². The first-order valence-corrected chi connectivity index (χ1v) is 9.19. The highest BCUT2D eigenvalue weighted by atomic mass is 16.5. The Hall–Kier alpha value is -2.63. The van der Waals surface area contributed by atoms with Crippen molar-refractivity contribution in [1.29, 1.82) is 0 Å². The van der Waals surface area contributed by atoms with Crippen LogP contribution in [0, 0.1) is 23.7 Å². The molecule has 1 amide bonds. The molecule has 2 fully saturated rings. The number of esters is 1. The molecule has 1 aromatic carbocycles. The van der Waals surface area contributed by atoms with Crippen molar-refractivity contribution in [2.24, 2.45) is 16.7 Å². The maximum Gasteiger partial charge on any atom is 0.314 e. The quantitative estimate of drug-likeness (QED) is 0.777. The van der Waals surface area contributed by atoms with Crippen molar-refractivity contribution in [1.82, 2.24) is 10.1 Å². The van der Waals surface area contributed by atoms with Crippen molar-refractivity contribution in [3.8, 4) is 11.3 Å². The monoisotopic (exact) mass is 368 g/mol. The van der Waals surface area contributed by atoms with Crippen LogP contribution >= 0.6 is 0 Å². The van der Waals surface area contributed by atoms with Gasteiger partial charge >= 0.3 is 5.97 Å². The third kappa shape index (κ3) is 2.50. The number of fused-ring (bicyclic) bond motifs is 1. The van der Waals surface area contributed by atoms with Crippen LogP contribution in [0.2, 0.25) is 0 Å². The largest absolute Gasteiger partial charge is 0.469 e. The molecule has 2 aromatic rings. The topological polar surface area (TPSA) is 72.6 Å². The summed E-state index contributed by atoms with van der Waals surface area (Å²) in [6.07, 6.45) is 0.731. The number of ether oxygens (including phenoxy) is 1. The van der Waals surface area contributed by atoms with Gasteiger partial charge in [-0.3, -0.25) is 9.59 Å². The number of amides is 1. The Balaban J connectivity index is 1.68. The number of carbonyl (C=O) groups is 2. The van der Waals surface area contributed by atoms with Gasteiger partial charge in [-0.05, 0) is 24.7 Å². The van der Waals surface area contributed by atoms with E-state index >= 15 is 0 Å². The molecule has 2 atom stereocenters. The number of nitrogens with zero attached hydrogens (tertiary/aromatic N) is 2. The van der Waals surface area contributed by atoms with Crippen molar-refractivity contribution < 1.29 is 18.8 Å². The number of aryl methyl sites for hydroxylation is 1. The molecule has 6 nitrogen and oxygen atoms in total. The number of benzene rings is 1. The number of hydrogen-bond acceptors (Lipinski definition) is 5. The molecule has 0 unspecified atom stereocenters. The highest BCUT2D eigenvalue weighted by Crippen LogP contribution is 2.63. The van der Waals surface area contributed by atoms with E-state index in [9.17, 15) is 9.59 Å². The summed E-state index contributed by atoms with van der Waals surface area (Å²) in [7, 11) is 1.42. The molecule has 1 saturated carbocycles. The SMILES string of the molecule is COC(=O)[C@@]12CN(C(=O)c3c(-c4ccccc4)noc3C)C[C@@H]1C(C)(C)C2. The van der Waals surface area contributed by atoms with Gasteiger partial charge in [0.1, 0.15) is 17.0 Å². The number of aromatic nitrogens is 1. The fraction of sp³-hybridized carbons (Fsp3) is 0.476. The summed E-state index contributed by atoms with van der Waals surface area (Å²) in [5.74, 6) is 0.236. The van der Waals surface area contributed by atoms with Gasteiger partial charge in [0.25, 0.3) is 5.91 Å². The van der Waals surface area contributed by atoms with Gasteiger partial charge in [0.15, 0.2) is 0 Å². The van der Waals surface area contributed by atoms with Crippen molar-refractivity contribution in [3.63, 3.8) is 0 Å². The maximum atomic E-state index is 13.4. The van der Waals surface area contributed by atoms with E-state index in [2.05, 4.69) is 19.0 Å². The Kier molecular flexibility index (Phi) is 3.91.